The minimum absolute atomic E-state index is 0.317. The number of anilines is 1. The first-order valence-electron chi connectivity index (χ1n) is 6.61. The summed E-state index contributed by atoms with van der Waals surface area (Å²) in [6, 6.07) is 9.82. The van der Waals surface area contributed by atoms with Gasteiger partial charge in [0.25, 0.3) is 5.91 Å². The number of hydrogen-bond acceptors (Lipinski definition) is 3. The molecule has 0 bridgehead atoms. The summed E-state index contributed by atoms with van der Waals surface area (Å²) in [5, 5.41) is 6.73. The molecule has 3 rings (SSSR count). The second-order valence-corrected chi connectivity index (χ2v) is 7.26. The maximum atomic E-state index is 12.2. The average molecular weight is 418 g/mol. The van der Waals surface area contributed by atoms with Crippen LogP contribution in [0.3, 0.4) is 0 Å². The van der Waals surface area contributed by atoms with Crippen LogP contribution in [0, 0.1) is 0 Å². The third-order valence-electron chi connectivity index (χ3n) is 3.11. The van der Waals surface area contributed by atoms with Gasteiger partial charge < -0.3 is 0 Å². The predicted octanol–water partition coefficient (Wildman–Crippen LogP) is 6.68. The summed E-state index contributed by atoms with van der Waals surface area (Å²) in [5.74, 6) is -0.323. The molecule has 0 radical (unpaired) electrons. The first kappa shape index (κ1) is 17.5. The van der Waals surface area contributed by atoms with Gasteiger partial charge in [0.15, 0.2) is 5.13 Å². The van der Waals surface area contributed by atoms with Gasteiger partial charge in [0.1, 0.15) is 0 Å². The molecule has 24 heavy (non-hydrogen) atoms. The molecule has 0 atom stereocenters. The van der Waals surface area contributed by atoms with E-state index in [1.54, 1.807) is 35.7 Å². The van der Waals surface area contributed by atoms with Gasteiger partial charge in [-0.05, 0) is 36.4 Å². The molecule has 1 amide bonds. The molecular formula is C16H8Cl4N2OS. The van der Waals surface area contributed by atoms with Gasteiger partial charge in [-0.15, -0.1) is 11.3 Å². The molecule has 1 heterocycles. The minimum atomic E-state index is -0.323. The number of nitrogens with one attached hydrogen (secondary N) is 1. The Kier molecular flexibility index (Phi) is 5.33. The number of hydrogen-bond donors (Lipinski definition) is 1. The summed E-state index contributed by atoms with van der Waals surface area (Å²) in [6.45, 7) is 0. The van der Waals surface area contributed by atoms with Crippen molar-refractivity contribution in [3.8, 4) is 11.3 Å². The van der Waals surface area contributed by atoms with Crippen molar-refractivity contribution in [1.82, 2.24) is 4.98 Å². The van der Waals surface area contributed by atoms with E-state index in [0.29, 0.717) is 36.5 Å². The van der Waals surface area contributed by atoms with Crippen LogP contribution in [-0.2, 0) is 0 Å². The van der Waals surface area contributed by atoms with Crippen LogP contribution in [0.25, 0.3) is 11.3 Å². The van der Waals surface area contributed by atoms with E-state index >= 15 is 0 Å². The molecule has 0 aliphatic carbocycles. The van der Waals surface area contributed by atoms with E-state index in [2.05, 4.69) is 10.3 Å². The monoisotopic (exact) mass is 416 g/mol. The molecule has 0 aliphatic rings. The first-order valence-corrected chi connectivity index (χ1v) is 9.00. The van der Waals surface area contributed by atoms with E-state index in [-0.39, 0.29) is 5.91 Å². The Balaban J connectivity index is 1.80. The third-order valence-corrected chi connectivity index (χ3v) is 5.16. The highest BCUT2D eigenvalue weighted by molar-refractivity contribution is 7.14. The van der Waals surface area contributed by atoms with E-state index in [4.69, 9.17) is 46.4 Å². The topological polar surface area (TPSA) is 42.0 Å². The second-order valence-electron chi connectivity index (χ2n) is 4.75. The fourth-order valence-electron chi connectivity index (χ4n) is 1.96. The summed E-state index contributed by atoms with van der Waals surface area (Å²) < 4.78 is 0. The zero-order chi connectivity index (χ0) is 17.3. The Morgan fingerprint density at radius 1 is 0.958 bits per heavy atom. The van der Waals surface area contributed by atoms with Gasteiger partial charge in [-0.25, -0.2) is 4.98 Å². The van der Waals surface area contributed by atoms with E-state index in [1.807, 2.05) is 0 Å². The van der Waals surface area contributed by atoms with Crippen LogP contribution >= 0.6 is 57.7 Å². The van der Waals surface area contributed by atoms with Crippen molar-refractivity contribution >= 4 is 68.8 Å². The van der Waals surface area contributed by atoms with Gasteiger partial charge in [-0.2, -0.15) is 0 Å². The third kappa shape index (κ3) is 3.85. The van der Waals surface area contributed by atoms with Crippen LogP contribution in [0.5, 0.6) is 0 Å². The normalized spacial score (nSPS) is 10.7. The number of rotatable bonds is 3. The Labute approximate surface area is 162 Å². The van der Waals surface area contributed by atoms with Crippen LogP contribution in [0.1, 0.15) is 10.4 Å². The average Bonchev–Trinajstić information content (AvgIpc) is 2.98. The predicted molar refractivity (Wildman–Crippen MR) is 102 cm³/mol. The van der Waals surface area contributed by atoms with Gasteiger partial charge in [0.2, 0.25) is 0 Å². The zero-order valence-electron chi connectivity index (χ0n) is 11.8. The lowest BCUT2D eigenvalue weighted by molar-refractivity contribution is 0.102. The maximum Gasteiger partial charge on any atom is 0.257 e. The summed E-state index contributed by atoms with van der Waals surface area (Å²) in [7, 11) is 0. The number of carbonyl (C=O) groups is 1. The molecule has 122 valence electrons. The molecule has 0 fully saturated rings. The van der Waals surface area contributed by atoms with Crippen LogP contribution in [0.2, 0.25) is 20.1 Å². The smallest absolute Gasteiger partial charge is 0.257 e. The Morgan fingerprint density at radius 2 is 1.75 bits per heavy atom. The van der Waals surface area contributed by atoms with Crippen molar-refractivity contribution in [2.75, 3.05) is 5.32 Å². The van der Waals surface area contributed by atoms with Gasteiger partial charge in [-0.1, -0.05) is 46.4 Å². The van der Waals surface area contributed by atoms with Crippen LogP contribution in [-0.4, -0.2) is 10.9 Å². The molecule has 8 heteroatoms. The Hall–Kier alpha value is -1.30. The number of benzene rings is 2. The number of carbonyl (C=O) groups excluding carboxylic acids is 1. The minimum Gasteiger partial charge on any atom is -0.298 e. The highest BCUT2D eigenvalue weighted by atomic mass is 35.5. The van der Waals surface area contributed by atoms with Gasteiger partial charge in [0, 0.05) is 21.5 Å². The molecular weight excluding hydrogens is 410 g/mol. The first-order chi connectivity index (χ1) is 11.4. The summed E-state index contributed by atoms with van der Waals surface area (Å²) in [5.41, 5.74) is 1.80. The largest absolute Gasteiger partial charge is 0.298 e. The van der Waals surface area contributed by atoms with E-state index in [0.717, 1.165) is 5.56 Å². The van der Waals surface area contributed by atoms with Crippen LogP contribution < -0.4 is 5.32 Å². The molecule has 3 nitrogen and oxygen atoms in total. The number of amides is 1. The summed E-state index contributed by atoms with van der Waals surface area (Å²) in [4.78, 5) is 16.6. The van der Waals surface area contributed by atoms with Crippen LogP contribution in [0.15, 0.2) is 41.8 Å². The Morgan fingerprint density at radius 3 is 2.46 bits per heavy atom. The van der Waals surface area contributed by atoms with Gasteiger partial charge in [0.05, 0.1) is 20.8 Å². The van der Waals surface area contributed by atoms with Crippen LogP contribution in [0.4, 0.5) is 5.13 Å². The number of nitrogens with zero attached hydrogens (tertiary/aromatic N) is 1. The van der Waals surface area contributed by atoms with E-state index < -0.39 is 0 Å². The van der Waals surface area contributed by atoms with Crippen molar-refractivity contribution in [2.24, 2.45) is 0 Å². The number of thiazole rings is 1. The molecule has 0 saturated heterocycles. The van der Waals surface area contributed by atoms with Gasteiger partial charge in [-0.3, -0.25) is 10.1 Å². The quantitative estimate of drug-likeness (QED) is 0.516. The number of halogens is 4. The summed E-state index contributed by atoms with van der Waals surface area (Å²) in [6.07, 6.45) is 0. The lowest BCUT2D eigenvalue weighted by Crippen LogP contribution is -2.11. The highest BCUT2D eigenvalue weighted by Gasteiger charge is 2.13. The maximum absolute atomic E-state index is 12.2. The standard InChI is InChI=1S/C16H8Cl4N2OS/c17-9-2-3-10(12(19)6-9)14-7-24-16(21-14)22-15(23)8-1-4-11(18)13(20)5-8/h1-7H,(H,21,22,23). The van der Waals surface area contributed by atoms with Crippen molar-refractivity contribution in [3.05, 3.63) is 67.4 Å². The fraction of sp³-hybridized carbons (Fsp3) is 0. The van der Waals surface area contributed by atoms with Crippen molar-refractivity contribution in [2.45, 2.75) is 0 Å². The van der Waals surface area contributed by atoms with Crippen molar-refractivity contribution < 1.29 is 4.79 Å². The van der Waals surface area contributed by atoms with Crippen molar-refractivity contribution in [3.63, 3.8) is 0 Å². The summed E-state index contributed by atoms with van der Waals surface area (Å²) >= 11 is 25.1. The molecule has 0 unspecified atom stereocenters. The Bertz CT molecular complexity index is 926. The molecule has 3 aromatic rings. The lowest BCUT2D eigenvalue weighted by atomic mass is 10.2. The van der Waals surface area contributed by atoms with Crippen molar-refractivity contribution in [1.29, 1.82) is 0 Å². The fourth-order valence-corrected chi connectivity index (χ4v) is 3.47. The SMILES string of the molecule is O=C(Nc1nc(-c2ccc(Cl)cc2Cl)cs1)c1ccc(Cl)c(Cl)c1. The molecule has 0 saturated carbocycles. The molecule has 1 aromatic heterocycles. The van der Waals surface area contributed by atoms with E-state index in [1.165, 1.54) is 17.4 Å². The zero-order valence-corrected chi connectivity index (χ0v) is 15.7. The second kappa shape index (κ2) is 7.30. The van der Waals surface area contributed by atoms with Gasteiger partial charge >= 0.3 is 0 Å². The lowest BCUT2D eigenvalue weighted by Gasteiger charge is -2.03. The molecule has 1 N–H and O–H groups in total. The highest BCUT2D eigenvalue weighted by Crippen LogP contribution is 2.32. The molecule has 0 spiro atoms. The number of aromatic nitrogens is 1. The van der Waals surface area contributed by atoms with E-state index in [9.17, 15) is 4.79 Å². The molecule has 0 aliphatic heterocycles. The molecule has 2 aromatic carbocycles.